The van der Waals surface area contributed by atoms with Crippen molar-refractivity contribution in [3.8, 4) is 0 Å². The number of likely N-dealkylation sites (N-methyl/N-ethyl adjacent to an activating group) is 1. The predicted molar refractivity (Wildman–Crippen MR) is 83.6 cm³/mol. The van der Waals surface area contributed by atoms with Crippen LogP contribution in [0.5, 0.6) is 0 Å². The third-order valence-corrected chi connectivity index (χ3v) is 4.94. The molecular weight excluding hydrogens is 276 g/mol. The molecule has 1 aromatic carbocycles. The quantitative estimate of drug-likeness (QED) is 0.934. The predicted octanol–water partition coefficient (Wildman–Crippen LogP) is 1.92. The Hall–Kier alpha value is -1.72. The first-order chi connectivity index (χ1) is 10.8. The summed E-state index contributed by atoms with van der Waals surface area (Å²) in [5.74, 6) is 1.65. The van der Waals surface area contributed by atoms with Gasteiger partial charge in [-0.15, -0.1) is 0 Å². The van der Waals surface area contributed by atoms with Crippen molar-refractivity contribution in [2.45, 2.75) is 30.7 Å². The second-order valence-electron chi connectivity index (χ2n) is 6.60. The smallest absolute Gasteiger partial charge is 0.233 e. The summed E-state index contributed by atoms with van der Waals surface area (Å²) in [4.78, 5) is 7.05. The molecule has 22 heavy (non-hydrogen) atoms. The Labute approximate surface area is 130 Å². The molecule has 5 heteroatoms. The van der Waals surface area contributed by atoms with E-state index in [4.69, 9.17) is 9.51 Å². The van der Waals surface area contributed by atoms with E-state index in [0.717, 1.165) is 50.6 Å². The zero-order chi connectivity index (χ0) is 15.0. The fraction of sp³-hybridized carbons (Fsp3) is 0.529. The van der Waals surface area contributed by atoms with Crippen LogP contribution in [0.2, 0.25) is 0 Å². The van der Waals surface area contributed by atoms with Gasteiger partial charge < -0.3 is 9.84 Å². The molecule has 5 nitrogen and oxygen atoms in total. The highest BCUT2D eigenvalue weighted by Gasteiger charge is 2.49. The van der Waals surface area contributed by atoms with Gasteiger partial charge in [0.05, 0.1) is 11.5 Å². The van der Waals surface area contributed by atoms with Crippen LogP contribution in [-0.4, -0.2) is 41.7 Å². The van der Waals surface area contributed by atoms with E-state index < -0.39 is 0 Å². The number of rotatable bonds is 4. The Morgan fingerprint density at radius 1 is 1.32 bits per heavy atom. The number of piperazine rings is 1. The highest BCUT2D eigenvalue weighted by atomic mass is 16.5. The molecule has 2 aliphatic rings. The van der Waals surface area contributed by atoms with Crippen molar-refractivity contribution in [1.29, 1.82) is 0 Å². The molecule has 0 amide bonds. The first-order valence-corrected chi connectivity index (χ1v) is 8.06. The lowest BCUT2D eigenvalue weighted by Gasteiger charge is -2.30. The van der Waals surface area contributed by atoms with E-state index >= 15 is 0 Å². The standard InChI is InChI=1S/C17H22N4O/c1-21-10-9-18-12-14(21)15-19-16(22-20-15)17(7-8-17)11-13-5-3-2-4-6-13/h2-6,14,18H,7-12H2,1H3. The van der Waals surface area contributed by atoms with Crippen molar-refractivity contribution >= 4 is 0 Å². The molecule has 1 saturated carbocycles. The molecule has 0 bridgehead atoms. The van der Waals surface area contributed by atoms with Crippen LogP contribution >= 0.6 is 0 Å². The van der Waals surface area contributed by atoms with Gasteiger partial charge in [0.25, 0.3) is 0 Å². The largest absolute Gasteiger partial charge is 0.339 e. The average molecular weight is 298 g/mol. The van der Waals surface area contributed by atoms with E-state index in [1.807, 2.05) is 0 Å². The molecule has 0 spiro atoms. The van der Waals surface area contributed by atoms with Crippen LogP contribution in [0.1, 0.15) is 36.2 Å². The van der Waals surface area contributed by atoms with E-state index in [9.17, 15) is 0 Å². The first kappa shape index (κ1) is 13.9. The van der Waals surface area contributed by atoms with Crippen molar-refractivity contribution in [3.63, 3.8) is 0 Å². The third-order valence-electron chi connectivity index (χ3n) is 4.94. The van der Waals surface area contributed by atoms with Crippen molar-refractivity contribution in [2.24, 2.45) is 0 Å². The molecule has 4 rings (SSSR count). The fourth-order valence-electron chi connectivity index (χ4n) is 3.28. The molecule has 1 aliphatic carbocycles. The maximum atomic E-state index is 5.65. The van der Waals surface area contributed by atoms with Crippen LogP contribution in [0, 0.1) is 0 Å². The fourth-order valence-corrected chi connectivity index (χ4v) is 3.28. The van der Waals surface area contributed by atoms with Gasteiger partial charge in [-0.1, -0.05) is 35.5 Å². The van der Waals surface area contributed by atoms with Crippen LogP contribution in [0.15, 0.2) is 34.9 Å². The molecule has 1 unspecified atom stereocenters. The van der Waals surface area contributed by atoms with E-state index in [1.165, 1.54) is 5.56 Å². The Morgan fingerprint density at radius 3 is 2.86 bits per heavy atom. The minimum Gasteiger partial charge on any atom is -0.339 e. The molecule has 1 atom stereocenters. The SMILES string of the molecule is CN1CCNCC1c1noc(C2(Cc3ccccc3)CC2)n1. The highest BCUT2D eigenvalue weighted by Crippen LogP contribution is 2.50. The number of benzene rings is 1. The topological polar surface area (TPSA) is 54.2 Å². The van der Waals surface area contributed by atoms with Gasteiger partial charge in [0, 0.05) is 19.6 Å². The van der Waals surface area contributed by atoms with Gasteiger partial charge in [-0.3, -0.25) is 4.90 Å². The maximum absolute atomic E-state index is 5.65. The molecule has 1 N–H and O–H groups in total. The summed E-state index contributed by atoms with van der Waals surface area (Å²) in [6.45, 7) is 2.93. The third kappa shape index (κ3) is 2.55. The number of hydrogen-bond donors (Lipinski definition) is 1. The van der Waals surface area contributed by atoms with Gasteiger partial charge in [0.1, 0.15) is 0 Å². The zero-order valence-corrected chi connectivity index (χ0v) is 13.0. The number of nitrogens with zero attached hydrogens (tertiary/aromatic N) is 3. The van der Waals surface area contributed by atoms with Gasteiger partial charge in [-0.25, -0.2) is 0 Å². The molecule has 2 aromatic rings. The van der Waals surface area contributed by atoms with Crippen LogP contribution in [0.3, 0.4) is 0 Å². The summed E-state index contributed by atoms with van der Waals surface area (Å²) in [6.07, 6.45) is 3.28. The van der Waals surface area contributed by atoms with Gasteiger partial charge in [-0.05, 0) is 31.9 Å². The maximum Gasteiger partial charge on any atom is 0.233 e. The normalized spacial score (nSPS) is 24.3. The van der Waals surface area contributed by atoms with Crippen molar-refractivity contribution in [2.75, 3.05) is 26.7 Å². The summed E-state index contributed by atoms with van der Waals surface area (Å²) in [7, 11) is 2.12. The molecule has 0 radical (unpaired) electrons. The van der Waals surface area contributed by atoms with Crippen molar-refractivity contribution in [3.05, 3.63) is 47.6 Å². The Kier molecular flexibility index (Phi) is 3.47. The second-order valence-corrected chi connectivity index (χ2v) is 6.60. The highest BCUT2D eigenvalue weighted by molar-refractivity contribution is 5.25. The monoisotopic (exact) mass is 298 g/mol. The average Bonchev–Trinajstić information content (AvgIpc) is 3.15. The molecule has 1 aliphatic heterocycles. The van der Waals surface area contributed by atoms with Crippen LogP contribution < -0.4 is 5.32 Å². The van der Waals surface area contributed by atoms with Gasteiger partial charge in [-0.2, -0.15) is 4.98 Å². The Bertz CT molecular complexity index is 635. The summed E-state index contributed by atoms with van der Waals surface area (Å²) < 4.78 is 5.65. The van der Waals surface area contributed by atoms with Gasteiger partial charge >= 0.3 is 0 Å². The lowest BCUT2D eigenvalue weighted by Crippen LogP contribution is -2.44. The van der Waals surface area contributed by atoms with E-state index in [1.54, 1.807) is 0 Å². The van der Waals surface area contributed by atoms with Crippen LogP contribution in [0.4, 0.5) is 0 Å². The number of aromatic nitrogens is 2. The second kappa shape index (κ2) is 5.48. The van der Waals surface area contributed by atoms with Gasteiger partial charge in [0.2, 0.25) is 5.89 Å². The Balaban J connectivity index is 1.53. The molecule has 2 heterocycles. The van der Waals surface area contributed by atoms with E-state index in [-0.39, 0.29) is 11.5 Å². The minimum absolute atomic E-state index is 0.0767. The minimum atomic E-state index is 0.0767. The molecule has 2 fully saturated rings. The molecule has 116 valence electrons. The van der Waals surface area contributed by atoms with Crippen molar-refractivity contribution in [1.82, 2.24) is 20.4 Å². The lowest BCUT2D eigenvalue weighted by molar-refractivity contribution is 0.190. The van der Waals surface area contributed by atoms with Crippen molar-refractivity contribution < 1.29 is 4.52 Å². The van der Waals surface area contributed by atoms with E-state index in [0.29, 0.717) is 0 Å². The number of nitrogens with one attached hydrogen (secondary N) is 1. The Morgan fingerprint density at radius 2 is 2.14 bits per heavy atom. The summed E-state index contributed by atoms with van der Waals surface area (Å²) in [5.41, 5.74) is 1.42. The molecular formula is C17H22N4O. The van der Waals surface area contributed by atoms with E-state index in [2.05, 4.69) is 52.8 Å². The van der Waals surface area contributed by atoms with Crippen LogP contribution in [-0.2, 0) is 11.8 Å². The zero-order valence-electron chi connectivity index (χ0n) is 13.0. The lowest BCUT2D eigenvalue weighted by atomic mass is 9.96. The molecule has 1 saturated heterocycles. The summed E-state index contributed by atoms with van der Waals surface area (Å²) in [6, 6.07) is 10.8. The molecule has 1 aromatic heterocycles. The number of hydrogen-bond acceptors (Lipinski definition) is 5. The van der Waals surface area contributed by atoms with Gasteiger partial charge in [0.15, 0.2) is 5.82 Å². The van der Waals surface area contributed by atoms with Crippen LogP contribution in [0.25, 0.3) is 0 Å². The summed E-state index contributed by atoms with van der Waals surface area (Å²) in [5, 5.41) is 7.67. The first-order valence-electron chi connectivity index (χ1n) is 8.06. The summed E-state index contributed by atoms with van der Waals surface area (Å²) >= 11 is 0.